The minimum absolute atomic E-state index is 0.246. The number of aromatic nitrogens is 2. The molecule has 0 spiro atoms. The molecule has 0 saturated heterocycles. The lowest BCUT2D eigenvalue weighted by molar-refractivity contribution is -0.143. The molecule has 8 heteroatoms. The average Bonchev–Trinajstić information content (AvgIpc) is 2.83. The lowest BCUT2D eigenvalue weighted by atomic mass is 10.2. The van der Waals surface area contributed by atoms with Crippen LogP contribution >= 0.6 is 0 Å². The predicted octanol–water partition coefficient (Wildman–Crippen LogP) is 1.80. The van der Waals surface area contributed by atoms with Gasteiger partial charge in [0.15, 0.2) is 5.69 Å². The fourth-order valence-corrected chi connectivity index (χ4v) is 1.85. The van der Waals surface area contributed by atoms with Gasteiger partial charge in [-0.05, 0) is 18.6 Å². The number of nitrogens with zero attached hydrogens (tertiary/aromatic N) is 2. The normalized spacial score (nSPS) is 11.4. The van der Waals surface area contributed by atoms with Crippen LogP contribution in [-0.4, -0.2) is 15.7 Å². The molecule has 2 rings (SSSR count). The Kier molecular flexibility index (Phi) is 3.49. The number of carbonyl (C=O) groups is 1. The van der Waals surface area contributed by atoms with Crippen LogP contribution in [0.3, 0.4) is 0 Å². The van der Waals surface area contributed by atoms with E-state index in [2.05, 4.69) is 5.10 Å². The van der Waals surface area contributed by atoms with Crippen molar-refractivity contribution in [3.05, 3.63) is 47.3 Å². The summed E-state index contributed by atoms with van der Waals surface area (Å²) >= 11 is 0. The van der Waals surface area contributed by atoms with Crippen LogP contribution < -0.4 is 11.3 Å². The smallest absolute Gasteiger partial charge is 0.290 e. The van der Waals surface area contributed by atoms with Crippen LogP contribution in [-0.2, 0) is 6.18 Å². The molecule has 106 valence electrons. The minimum atomic E-state index is -4.74. The Bertz CT molecular complexity index is 648. The van der Waals surface area contributed by atoms with Gasteiger partial charge in [0, 0.05) is 0 Å². The molecular weight excluding hydrogens is 273 g/mol. The third-order valence-corrected chi connectivity index (χ3v) is 2.76. The van der Waals surface area contributed by atoms with Crippen LogP contribution in [0.4, 0.5) is 13.2 Å². The van der Waals surface area contributed by atoms with E-state index in [0.29, 0.717) is 10.2 Å². The number of rotatable bonds is 2. The average molecular weight is 284 g/mol. The lowest BCUT2D eigenvalue weighted by Crippen LogP contribution is -2.32. The Labute approximate surface area is 112 Å². The van der Waals surface area contributed by atoms with Gasteiger partial charge in [-0.2, -0.15) is 18.3 Å². The van der Waals surface area contributed by atoms with Crippen LogP contribution in [0.25, 0.3) is 5.69 Å². The van der Waals surface area contributed by atoms with E-state index in [1.807, 2.05) is 0 Å². The van der Waals surface area contributed by atoms with Gasteiger partial charge in [-0.1, -0.05) is 18.2 Å². The molecule has 0 saturated carbocycles. The third-order valence-electron chi connectivity index (χ3n) is 2.76. The summed E-state index contributed by atoms with van der Waals surface area (Å²) in [5.41, 5.74) is 0.745. The minimum Gasteiger partial charge on any atom is -0.290 e. The molecular formula is C12H11F3N4O. The summed E-state index contributed by atoms with van der Waals surface area (Å²) in [6, 6.07) is 6.43. The van der Waals surface area contributed by atoms with E-state index in [1.165, 1.54) is 6.07 Å². The topological polar surface area (TPSA) is 72.9 Å². The predicted molar refractivity (Wildman–Crippen MR) is 65.0 cm³/mol. The summed E-state index contributed by atoms with van der Waals surface area (Å²) in [6.07, 6.45) is -3.89. The molecule has 2 aromatic rings. The number of benzene rings is 1. The molecule has 0 fully saturated rings. The third kappa shape index (κ3) is 2.37. The molecule has 1 amide bonds. The summed E-state index contributed by atoms with van der Waals surface area (Å²) in [6.45, 7) is 1.65. The summed E-state index contributed by atoms with van der Waals surface area (Å²) in [5.74, 6) is 3.85. The molecule has 0 unspecified atom stereocenters. The van der Waals surface area contributed by atoms with Crippen LogP contribution in [0.5, 0.6) is 0 Å². The number of para-hydroxylation sites is 1. The van der Waals surface area contributed by atoms with E-state index in [9.17, 15) is 18.0 Å². The zero-order valence-corrected chi connectivity index (χ0v) is 10.4. The van der Waals surface area contributed by atoms with Crippen molar-refractivity contribution in [1.82, 2.24) is 15.2 Å². The zero-order chi connectivity index (χ0) is 14.9. The number of nitrogens with two attached hydrogens (primary N) is 1. The highest BCUT2D eigenvalue weighted by Gasteiger charge is 2.40. The first-order valence-electron chi connectivity index (χ1n) is 5.58. The quantitative estimate of drug-likeness (QED) is 0.502. The van der Waals surface area contributed by atoms with Crippen LogP contribution in [0.2, 0.25) is 0 Å². The van der Waals surface area contributed by atoms with E-state index < -0.39 is 23.3 Å². The van der Waals surface area contributed by atoms with Gasteiger partial charge in [-0.3, -0.25) is 10.2 Å². The molecule has 1 aromatic carbocycles. The first kappa shape index (κ1) is 14.1. The Morgan fingerprint density at radius 1 is 1.35 bits per heavy atom. The number of hydrogen-bond donors (Lipinski definition) is 2. The molecule has 0 aliphatic rings. The first-order valence-corrected chi connectivity index (χ1v) is 5.58. The SMILES string of the molecule is Cc1ccccc1-n1ncc(C(=O)NN)c1C(F)(F)F. The zero-order valence-electron chi connectivity index (χ0n) is 10.4. The largest absolute Gasteiger partial charge is 0.434 e. The highest BCUT2D eigenvalue weighted by atomic mass is 19.4. The number of aryl methyl sites for hydroxylation is 1. The van der Waals surface area contributed by atoms with Gasteiger partial charge in [0.2, 0.25) is 0 Å². The Balaban J connectivity index is 2.70. The van der Waals surface area contributed by atoms with Crippen LogP contribution in [0.15, 0.2) is 30.5 Å². The number of hydrazine groups is 1. The second-order valence-electron chi connectivity index (χ2n) is 4.08. The van der Waals surface area contributed by atoms with Crippen molar-refractivity contribution < 1.29 is 18.0 Å². The molecule has 3 N–H and O–H groups in total. The highest BCUT2D eigenvalue weighted by Crippen LogP contribution is 2.34. The second-order valence-corrected chi connectivity index (χ2v) is 4.08. The van der Waals surface area contributed by atoms with E-state index in [-0.39, 0.29) is 5.69 Å². The van der Waals surface area contributed by atoms with E-state index >= 15 is 0 Å². The molecule has 1 aromatic heterocycles. The number of nitrogens with one attached hydrogen (secondary N) is 1. The van der Waals surface area contributed by atoms with Crippen molar-refractivity contribution in [2.24, 2.45) is 5.84 Å². The molecule has 0 atom stereocenters. The monoisotopic (exact) mass is 284 g/mol. The van der Waals surface area contributed by atoms with E-state index in [4.69, 9.17) is 5.84 Å². The number of halogens is 3. The number of amides is 1. The Morgan fingerprint density at radius 3 is 2.55 bits per heavy atom. The van der Waals surface area contributed by atoms with Gasteiger partial charge in [0.1, 0.15) is 0 Å². The first-order chi connectivity index (χ1) is 9.36. The van der Waals surface area contributed by atoms with E-state index in [0.717, 1.165) is 6.20 Å². The summed E-state index contributed by atoms with van der Waals surface area (Å²) in [5, 5.41) is 3.66. The van der Waals surface area contributed by atoms with Crippen molar-refractivity contribution >= 4 is 5.91 Å². The maximum atomic E-state index is 13.2. The van der Waals surface area contributed by atoms with Gasteiger partial charge in [-0.15, -0.1) is 0 Å². The summed E-state index contributed by atoms with van der Waals surface area (Å²) < 4.78 is 40.2. The molecule has 1 heterocycles. The fraction of sp³-hybridized carbons (Fsp3) is 0.167. The summed E-state index contributed by atoms with van der Waals surface area (Å²) in [7, 11) is 0. The number of carbonyl (C=O) groups excluding carboxylic acids is 1. The Hall–Kier alpha value is -2.35. The van der Waals surface area contributed by atoms with Gasteiger partial charge >= 0.3 is 6.18 Å². The van der Waals surface area contributed by atoms with Gasteiger partial charge in [-0.25, -0.2) is 10.5 Å². The fourth-order valence-electron chi connectivity index (χ4n) is 1.85. The van der Waals surface area contributed by atoms with Gasteiger partial charge < -0.3 is 0 Å². The molecule has 5 nitrogen and oxygen atoms in total. The van der Waals surface area contributed by atoms with Crippen molar-refractivity contribution in [2.75, 3.05) is 0 Å². The molecule has 0 bridgehead atoms. The second kappa shape index (κ2) is 4.97. The van der Waals surface area contributed by atoms with Crippen molar-refractivity contribution in [3.8, 4) is 5.69 Å². The number of alkyl halides is 3. The highest BCUT2D eigenvalue weighted by molar-refractivity contribution is 5.95. The van der Waals surface area contributed by atoms with Crippen molar-refractivity contribution in [2.45, 2.75) is 13.1 Å². The molecule has 20 heavy (non-hydrogen) atoms. The summed E-state index contributed by atoms with van der Waals surface area (Å²) in [4.78, 5) is 11.4. The maximum absolute atomic E-state index is 13.2. The van der Waals surface area contributed by atoms with Crippen molar-refractivity contribution in [3.63, 3.8) is 0 Å². The van der Waals surface area contributed by atoms with E-state index in [1.54, 1.807) is 30.5 Å². The van der Waals surface area contributed by atoms with Gasteiger partial charge in [0.05, 0.1) is 17.4 Å². The van der Waals surface area contributed by atoms with Crippen LogP contribution in [0.1, 0.15) is 21.6 Å². The molecule has 0 aliphatic heterocycles. The Morgan fingerprint density at radius 2 is 2.00 bits per heavy atom. The maximum Gasteiger partial charge on any atom is 0.434 e. The lowest BCUT2D eigenvalue weighted by Gasteiger charge is -2.13. The van der Waals surface area contributed by atoms with Crippen molar-refractivity contribution in [1.29, 1.82) is 0 Å². The number of nitrogen functional groups attached to an aromatic ring is 1. The van der Waals surface area contributed by atoms with Gasteiger partial charge in [0.25, 0.3) is 5.91 Å². The van der Waals surface area contributed by atoms with Crippen LogP contribution in [0, 0.1) is 6.92 Å². The standard InChI is InChI=1S/C12H11F3N4O/c1-7-4-2-3-5-9(7)19-10(12(13,14)15)8(6-17-19)11(20)18-16/h2-6H,16H2,1H3,(H,18,20). The molecule has 0 radical (unpaired) electrons. The molecule has 0 aliphatic carbocycles. The number of hydrogen-bond acceptors (Lipinski definition) is 3.